The molecule has 0 spiro atoms. The van der Waals surface area contributed by atoms with E-state index in [2.05, 4.69) is 18.2 Å². The monoisotopic (exact) mass is 205 g/mol. The average molecular weight is 205 g/mol. The number of aliphatic carboxylic acids is 1. The van der Waals surface area contributed by atoms with Crippen LogP contribution in [0, 0.1) is 0 Å². The van der Waals surface area contributed by atoms with Gasteiger partial charge in [-0.3, -0.25) is 4.79 Å². The molecule has 0 aromatic carbocycles. The van der Waals surface area contributed by atoms with E-state index in [-0.39, 0.29) is 0 Å². The van der Waals surface area contributed by atoms with Gasteiger partial charge < -0.3 is 10.0 Å². The summed E-state index contributed by atoms with van der Waals surface area (Å²) < 4.78 is 0. The molecule has 1 N–H and O–H groups in total. The van der Waals surface area contributed by atoms with Crippen LogP contribution in [0.1, 0.15) is 19.3 Å². The molecule has 0 radical (unpaired) electrons. The third-order valence-corrected chi connectivity index (χ3v) is 2.45. The van der Waals surface area contributed by atoms with Crippen LogP contribution in [0.15, 0.2) is 0 Å². The van der Waals surface area contributed by atoms with Crippen LogP contribution < -0.4 is 0 Å². The summed E-state index contributed by atoms with van der Waals surface area (Å²) in [5.41, 5.74) is 0. The number of carboxylic acids is 1. The van der Waals surface area contributed by atoms with Gasteiger partial charge in [0.2, 0.25) is 0 Å². The van der Waals surface area contributed by atoms with Gasteiger partial charge in [0.15, 0.2) is 0 Å². The number of hydrogen-bond acceptors (Lipinski definition) is 3. The minimum atomic E-state index is -0.688. The summed E-state index contributed by atoms with van der Waals surface area (Å²) in [4.78, 5) is 12.4. The van der Waals surface area contributed by atoms with Gasteiger partial charge in [-0.25, -0.2) is 0 Å². The zero-order chi connectivity index (χ0) is 10.1. The summed E-state index contributed by atoms with van der Waals surface area (Å²) in [7, 11) is 2.08. The van der Waals surface area contributed by atoms with Crippen molar-refractivity contribution in [3.8, 4) is 0 Å². The number of unbranched alkanes of at least 4 members (excludes halogenated alkanes) is 1. The van der Waals surface area contributed by atoms with Crippen LogP contribution in [-0.4, -0.2) is 48.1 Å². The van der Waals surface area contributed by atoms with E-state index in [9.17, 15) is 4.79 Å². The van der Waals surface area contributed by atoms with Crippen LogP contribution in [0.4, 0.5) is 0 Å². The van der Waals surface area contributed by atoms with Gasteiger partial charge in [0.25, 0.3) is 0 Å². The molecule has 0 fully saturated rings. The Bertz CT molecular complexity index is 142. The Morgan fingerprint density at radius 3 is 2.62 bits per heavy atom. The van der Waals surface area contributed by atoms with Gasteiger partial charge in [-0.1, -0.05) is 0 Å². The average Bonchev–Trinajstić information content (AvgIpc) is 2.08. The lowest BCUT2D eigenvalue weighted by molar-refractivity contribution is -0.137. The number of carboxylic acid groups (broad SMARTS) is 1. The molecular formula is C9H19NO2S. The first-order valence-electron chi connectivity index (χ1n) is 4.56. The Labute approximate surface area is 84.5 Å². The van der Waals surface area contributed by atoms with Crippen molar-refractivity contribution >= 4 is 17.7 Å². The fraction of sp³-hybridized carbons (Fsp3) is 0.889. The molecule has 0 aliphatic rings. The van der Waals surface area contributed by atoms with Gasteiger partial charge in [-0.05, 0) is 32.7 Å². The fourth-order valence-electron chi connectivity index (χ4n) is 1.02. The van der Waals surface area contributed by atoms with Crippen molar-refractivity contribution in [2.45, 2.75) is 19.3 Å². The van der Waals surface area contributed by atoms with Crippen molar-refractivity contribution < 1.29 is 9.90 Å². The van der Waals surface area contributed by atoms with Crippen molar-refractivity contribution in [1.82, 2.24) is 4.90 Å². The maximum absolute atomic E-state index is 10.2. The fourth-order valence-corrected chi connectivity index (χ4v) is 1.51. The lowest BCUT2D eigenvalue weighted by Crippen LogP contribution is -2.22. The first-order valence-corrected chi connectivity index (χ1v) is 5.95. The molecule has 13 heavy (non-hydrogen) atoms. The second kappa shape index (κ2) is 8.38. The highest BCUT2D eigenvalue weighted by Gasteiger charge is 1.99. The Kier molecular flexibility index (Phi) is 8.24. The number of nitrogens with zero attached hydrogens (tertiary/aromatic N) is 1. The minimum absolute atomic E-state index is 0.302. The minimum Gasteiger partial charge on any atom is -0.481 e. The molecule has 0 bridgehead atoms. The first kappa shape index (κ1) is 12.8. The van der Waals surface area contributed by atoms with Crippen LogP contribution in [0.3, 0.4) is 0 Å². The highest BCUT2D eigenvalue weighted by atomic mass is 32.2. The summed E-state index contributed by atoms with van der Waals surface area (Å²) in [6, 6.07) is 0. The lowest BCUT2D eigenvalue weighted by Gasteiger charge is -2.14. The third-order valence-electron chi connectivity index (χ3n) is 1.86. The van der Waals surface area contributed by atoms with Gasteiger partial charge >= 0.3 is 5.97 Å². The van der Waals surface area contributed by atoms with Crippen molar-refractivity contribution in [3.05, 3.63) is 0 Å². The van der Waals surface area contributed by atoms with Crippen molar-refractivity contribution in [2.24, 2.45) is 0 Å². The smallest absolute Gasteiger partial charge is 0.303 e. The molecule has 0 amide bonds. The van der Waals surface area contributed by atoms with E-state index in [4.69, 9.17) is 5.11 Å². The van der Waals surface area contributed by atoms with Gasteiger partial charge in [0, 0.05) is 18.7 Å². The predicted octanol–water partition coefficient (Wildman–Crippen LogP) is 1.54. The second-order valence-corrected chi connectivity index (χ2v) is 4.13. The number of carbonyl (C=O) groups is 1. The van der Waals surface area contributed by atoms with Crippen molar-refractivity contribution in [3.63, 3.8) is 0 Å². The zero-order valence-electron chi connectivity index (χ0n) is 8.45. The van der Waals surface area contributed by atoms with Crippen molar-refractivity contribution in [2.75, 3.05) is 32.1 Å². The molecule has 0 unspecified atom stereocenters. The van der Waals surface area contributed by atoms with Gasteiger partial charge in [0.1, 0.15) is 0 Å². The molecule has 4 heteroatoms. The molecule has 0 aromatic rings. The summed E-state index contributed by atoms with van der Waals surface area (Å²) >= 11 is 1.84. The van der Waals surface area contributed by atoms with Crippen molar-refractivity contribution in [1.29, 1.82) is 0 Å². The van der Waals surface area contributed by atoms with E-state index in [1.807, 2.05) is 11.8 Å². The summed E-state index contributed by atoms with van der Waals surface area (Å²) in [5.74, 6) is 0.460. The molecule has 0 aromatic heterocycles. The highest BCUT2D eigenvalue weighted by molar-refractivity contribution is 7.98. The molecule has 0 saturated heterocycles. The van der Waals surface area contributed by atoms with Crippen LogP contribution in [0.25, 0.3) is 0 Å². The summed E-state index contributed by atoms with van der Waals surface area (Å²) in [6.07, 6.45) is 4.17. The third kappa shape index (κ3) is 9.70. The Balaban J connectivity index is 3.16. The standard InChI is InChI=1S/C9H19NO2S/c1-10(7-8-13-2)6-4-3-5-9(11)12/h3-8H2,1-2H3,(H,11,12). The zero-order valence-corrected chi connectivity index (χ0v) is 9.27. The maximum Gasteiger partial charge on any atom is 0.303 e. The number of thioether (sulfide) groups is 1. The molecule has 0 atom stereocenters. The SMILES string of the molecule is CSCCN(C)CCCCC(=O)O. The number of rotatable bonds is 8. The molecular weight excluding hydrogens is 186 g/mol. The van der Waals surface area contributed by atoms with Crippen LogP contribution >= 0.6 is 11.8 Å². The molecule has 3 nitrogen and oxygen atoms in total. The molecule has 0 saturated carbocycles. The quantitative estimate of drug-likeness (QED) is 0.610. The molecule has 0 aliphatic carbocycles. The Morgan fingerprint density at radius 1 is 1.38 bits per heavy atom. The Hall–Kier alpha value is -0.220. The predicted molar refractivity (Wildman–Crippen MR) is 57.4 cm³/mol. The van der Waals surface area contributed by atoms with E-state index in [0.717, 1.165) is 31.7 Å². The molecule has 0 rings (SSSR count). The van der Waals surface area contributed by atoms with E-state index < -0.39 is 5.97 Å². The molecule has 0 aliphatic heterocycles. The first-order chi connectivity index (χ1) is 6.16. The summed E-state index contributed by atoms with van der Waals surface area (Å²) in [5, 5.41) is 8.40. The van der Waals surface area contributed by atoms with E-state index in [1.165, 1.54) is 0 Å². The van der Waals surface area contributed by atoms with E-state index in [1.54, 1.807) is 0 Å². The van der Waals surface area contributed by atoms with Gasteiger partial charge in [-0.2, -0.15) is 11.8 Å². The largest absolute Gasteiger partial charge is 0.481 e. The maximum atomic E-state index is 10.2. The van der Waals surface area contributed by atoms with Gasteiger partial charge in [0.05, 0.1) is 0 Å². The lowest BCUT2D eigenvalue weighted by atomic mass is 10.2. The van der Waals surface area contributed by atoms with E-state index >= 15 is 0 Å². The molecule has 78 valence electrons. The van der Waals surface area contributed by atoms with E-state index in [0.29, 0.717) is 6.42 Å². The Morgan fingerprint density at radius 2 is 2.08 bits per heavy atom. The van der Waals surface area contributed by atoms with Crippen LogP contribution in [0.2, 0.25) is 0 Å². The normalized spacial score (nSPS) is 10.7. The summed E-state index contributed by atoms with van der Waals surface area (Å²) in [6.45, 7) is 2.10. The van der Waals surface area contributed by atoms with Crippen LogP contribution in [-0.2, 0) is 4.79 Å². The van der Waals surface area contributed by atoms with Gasteiger partial charge in [-0.15, -0.1) is 0 Å². The molecule has 0 heterocycles. The highest BCUT2D eigenvalue weighted by Crippen LogP contribution is 1.99. The second-order valence-electron chi connectivity index (χ2n) is 3.15. The number of hydrogen-bond donors (Lipinski definition) is 1. The topological polar surface area (TPSA) is 40.5 Å². The van der Waals surface area contributed by atoms with Crippen LogP contribution in [0.5, 0.6) is 0 Å².